The normalized spacial score (nSPS) is 10.3. The Labute approximate surface area is 117 Å². The van der Waals surface area contributed by atoms with Crippen LogP contribution in [0.15, 0.2) is 16.7 Å². The topological polar surface area (TPSA) is 107 Å². The minimum absolute atomic E-state index is 0.132. The van der Waals surface area contributed by atoms with Crippen LogP contribution in [0.1, 0.15) is 21.7 Å². The standard InChI is InChI=1S/C11H11BrN6O/c1-5-6(2)17-18-11(15-5)16-10(19)8-3-7(12)4-14-9(8)13/h3-4H,1-2H3,(H2,13,14)(H,15,16,18,19). The molecule has 0 unspecified atom stereocenters. The fourth-order valence-electron chi connectivity index (χ4n) is 1.31. The predicted octanol–water partition coefficient (Wildman–Crippen LogP) is 1.48. The maximum atomic E-state index is 12.0. The lowest BCUT2D eigenvalue weighted by Crippen LogP contribution is -2.17. The highest BCUT2D eigenvalue weighted by molar-refractivity contribution is 9.10. The molecular weight excluding hydrogens is 312 g/mol. The molecule has 8 heteroatoms. The van der Waals surface area contributed by atoms with E-state index in [1.807, 2.05) is 0 Å². The monoisotopic (exact) mass is 322 g/mol. The highest BCUT2D eigenvalue weighted by atomic mass is 79.9. The number of nitrogen functional groups attached to an aromatic ring is 1. The van der Waals surface area contributed by atoms with Gasteiger partial charge >= 0.3 is 0 Å². The van der Waals surface area contributed by atoms with E-state index in [0.29, 0.717) is 15.9 Å². The van der Waals surface area contributed by atoms with Crippen LogP contribution in [0.5, 0.6) is 0 Å². The molecule has 3 N–H and O–H groups in total. The van der Waals surface area contributed by atoms with E-state index in [-0.39, 0.29) is 17.3 Å². The lowest BCUT2D eigenvalue weighted by atomic mass is 10.2. The second-order valence-electron chi connectivity index (χ2n) is 3.85. The zero-order valence-electron chi connectivity index (χ0n) is 10.3. The highest BCUT2D eigenvalue weighted by Crippen LogP contribution is 2.16. The molecule has 0 spiro atoms. The van der Waals surface area contributed by atoms with E-state index in [9.17, 15) is 4.79 Å². The smallest absolute Gasteiger partial charge is 0.261 e. The molecule has 0 aliphatic rings. The van der Waals surface area contributed by atoms with Crippen LogP contribution in [-0.4, -0.2) is 26.1 Å². The van der Waals surface area contributed by atoms with Crippen molar-refractivity contribution < 1.29 is 4.79 Å². The van der Waals surface area contributed by atoms with E-state index < -0.39 is 5.91 Å². The van der Waals surface area contributed by atoms with Crippen molar-refractivity contribution in [2.24, 2.45) is 0 Å². The first-order chi connectivity index (χ1) is 8.97. The molecule has 0 aliphatic heterocycles. The van der Waals surface area contributed by atoms with Crippen LogP contribution in [0.25, 0.3) is 0 Å². The highest BCUT2D eigenvalue weighted by Gasteiger charge is 2.13. The van der Waals surface area contributed by atoms with Gasteiger partial charge in [0.2, 0.25) is 5.95 Å². The van der Waals surface area contributed by atoms with Gasteiger partial charge in [0.25, 0.3) is 5.91 Å². The Morgan fingerprint density at radius 3 is 2.74 bits per heavy atom. The van der Waals surface area contributed by atoms with Gasteiger partial charge in [-0.25, -0.2) is 9.97 Å². The maximum absolute atomic E-state index is 12.0. The number of nitrogens with zero attached hydrogens (tertiary/aromatic N) is 4. The summed E-state index contributed by atoms with van der Waals surface area (Å²) in [4.78, 5) is 20.0. The van der Waals surface area contributed by atoms with Gasteiger partial charge < -0.3 is 5.73 Å². The van der Waals surface area contributed by atoms with Gasteiger partial charge in [-0.2, -0.15) is 5.10 Å². The summed E-state index contributed by atoms with van der Waals surface area (Å²) in [6, 6.07) is 1.58. The van der Waals surface area contributed by atoms with Gasteiger partial charge in [-0.1, -0.05) is 0 Å². The summed E-state index contributed by atoms with van der Waals surface area (Å²) >= 11 is 3.23. The van der Waals surface area contributed by atoms with Gasteiger partial charge in [-0.15, -0.1) is 5.10 Å². The number of pyridine rings is 1. The van der Waals surface area contributed by atoms with Gasteiger partial charge in [0.1, 0.15) is 5.82 Å². The molecule has 0 saturated heterocycles. The zero-order chi connectivity index (χ0) is 14.0. The summed E-state index contributed by atoms with van der Waals surface area (Å²) in [6.45, 7) is 3.58. The molecule has 0 atom stereocenters. The summed E-state index contributed by atoms with van der Waals surface area (Å²) in [5.41, 5.74) is 7.30. The number of halogens is 1. The molecule has 1 amide bonds. The summed E-state index contributed by atoms with van der Waals surface area (Å²) in [5.74, 6) is -0.165. The van der Waals surface area contributed by atoms with Crippen LogP contribution in [0.4, 0.5) is 11.8 Å². The van der Waals surface area contributed by atoms with Gasteiger partial charge in [-0.05, 0) is 35.8 Å². The SMILES string of the molecule is Cc1nnc(NC(=O)c2cc(Br)cnc2N)nc1C. The Balaban J connectivity index is 2.25. The molecule has 0 radical (unpaired) electrons. The second-order valence-corrected chi connectivity index (χ2v) is 4.76. The Bertz CT molecular complexity index is 645. The quantitative estimate of drug-likeness (QED) is 0.867. The largest absolute Gasteiger partial charge is 0.383 e. The van der Waals surface area contributed by atoms with Crippen molar-refractivity contribution in [2.75, 3.05) is 11.1 Å². The van der Waals surface area contributed by atoms with E-state index in [0.717, 1.165) is 0 Å². The molecule has 7 nitrogen and oxygen atoms in total. The van der Waals surface area contributed by atoms with Crippen molar-refractivity contribution in [3.63, 3.8) is 0 Å². The second kappa shape index (κ2) is 5.27. The lowest BCUT2D eigenvalue weighted by molar-refractivity contribution is 0.102. The van der Waals surface area contributed by atoms with Gasteiger partial charge in [0.15, 0.2) is 0 Å². The summed E-state index contributed by atoms with van der Waals surface area (Å²) in [6.07, 6.45) is 1.51. The van der Waals surface area contributed by atoms with Crippen LogP contribution in [0, 0.1) is 13.8 Å². The predicted molar refractivity (Wildman–Crippen MR) is 73.6 cm³/mol. The average Bonchev–Trinajstić information content (AvgIpc) is 2.36. The van der Waals surface area contributed by atoms with Gasteiger partial charge in [0, 0.05) is 10.7 Å². The molecule has 0 aliphatic carbocycles. The van der Waals surface area contributed by atoms with Crippen LogP contribution in [-0.2, 0) is 0 Å². The van der Waals surface area contributed by atoms with E-state index in [4.69, 9.17) is 5.73 Å². The average molecular weight is 323 g/mol. The number of hydrogen-bond donors (Lipinski definition) is 2. The first-order valence-corrected chi connectivity index (χ1v) is 6.17. The molecule has 19 heavy (non-hydrogen) atoms. The third-order valence-electron chi connectivity index (χ3n) is 2.45. The molecular formula is C11H11BrN6O. The Morgan fingerprint density at radius 1 is 1.32 bits per heavy atom. The number of aryl methyl sites for hydroxylation is 2. The number of nitrogens with one attached hydrogen (secondary N) is 1. The third kappa shape index (κ3) is 3.02. The summed E-state index contributed by atoms with van der Waals surface area (Å²) < 4.78 is 0.658. The number of nitrogens with two attached hydrogens (primary N) is 1. The Hall–Kier alpha value is -2.09. The number of hydrogen-bond acceptors (Lipinski definition) is 6. The lowest BCUT2D eigenvalue weighted by Gasteiger charge is -2.06. The molecule has 2 heterocycles. The van der Waals surface area contributed by atoms with Gasteiger partial charge in [-0.3, -0.25) is 10.1 Å². The third-order valence-corrected chi connectivity index (χ3v) is 2.88. The van der Waals surface area contributed by atoms with Crippen LogP contribution in [0.2, 0.25) is 0 Å². The molecule has 0 saturated carbocycles. The number of carbonyl (C=O) groups excluding carboxylic acids is 1. The summed E-state index contributed by atoms with van der Waals surface area (Å²) in [5, 5.41) is 10.2. The van der Waals surface area contributed by atoms with Crippen LogP contribution < -0.4 is 11.1 Å². The van der Waals surface area contributed by atoms with Crippen molar-refractivity contribution in [1.82, 2.24) is 20.2 Å². The molecule has 0 aromatic carbocycles. The van der Waals surface area contributed by atoms with Crippen molar-refractivity contribution in [2.45, 2.75) is 13.8 Å². The fraction of sp³-hybridized carbons (Fsp3) is 0.182. The van der Waals surface area contributed by atoms with E-state index >= 15 is 0 Å². The van der Waals surface area contributed by atoms with Crippen molar-refractivity contribution in [1.29, 1.82) is 0 Å². The number of amides is 1. The molecule has 98 valence electrons. The molecule has 0 fully saturated rings. The van der Waals surface area contributed by atoms with Crippen molar-refractivity contribution in [3.05, 3.63) is 33.7 Å². The van der Waals surface area contributed by atoms with Crippen LogP contribution in [0.3, 0.4) is 0 Å². The number of carbonyl (C=O) groups is 1. The Kier molecular flexibility index (Phi) is 3.70. The summed E-state index contributed by atoms with van der Waals surface area (Å²) in [7, 11) is 0. The number of rotatable bonds is 2. The van der Waals surface area contributed by atoms with E-state index in [1.165, 1.54) is 6.20 Å². The fourth-order valence-corrected chi connectivity index (χ4v) is 1.64. The van der Waals surface area contributed by atoms with E-state index in [2.05, 4.69) is 41.4 Å². The van der Waals surface area contributed by atoms with Crippen molar-refractivity contribution in [3.8, 4) is 0 Å². The zero-order valence-corrected chi connectivity index (χ0v) is 11.9. The maximum Gasteiger partial charge on any atom is 0.261 e. The van der Waals surface area contributed by atoms with Crippen LogP contribution >= 0.6 is 15.9 Å². The first-order valence-electron chi connectivity index (χ1n) is 5.37. The van der Waals surface area contributed by atoms with Gasteiger partial charge in [0.05, 0.1) is 17.0 Å². The Morgan fingerprint density at radius 2 is 2.05 bits per heavy atom. The molecule has 2 aromatic heterocycles. The number of anilines is 2. The molecule has 2 rings (SSSR count). The minimum Gasteiger partial charge on any atom is -0.383 e. The minimum atomic E-state index is -0.434. The van der Waals surface area contributed by atoms with Crippen molar-refractivity contribution >= 4 is 33.6 Å². The molecule has 0 bridgehead atoms. The number of aromatic nitrogens is 4. The first kappa shape index (κ1) is 13.3. The molecule has 2 aromatic rings. The van der Waals surface area contributed by atoms with E-state index in [1.54, 1.807) is 19.9 Å².